The zero-order chi connectivity index (χ0) is 24.1. The Hall–Kier alpha value is -3.40. The van der Waals surface area contributed by atoms with Gasteiger partial charge in [-0.15, -0.1) is 10.2 Å². The van der Waals surface area contributed by atoms with Gasteiger partial charge in [0.1, 0.15) is 11.9 Å². The first-order valence-electron chi connectivity index (χ1n) is 11.9. The van der Waals surface area contributed by atoms with Crippen LogP contribution in [0.25, 0.3) is 22.5 Å². The van der Waals surface area contributed by atoms with Crippen molar-refractivity contribution < 1.29 is 18.6 Å². The number of anilines is 1. The molecular weight excluding hydrogens is 454 g/mol. The third-order valence-electron chi connectivity index (χ3n) is 7.24. The van der Waals surface area contributed by atoms with Crippen LogP contribution < -0.4 is 15.0 Å². The van der Waals surface area contributed by atoms with Crippen LogP contribution >= 0.6 is 0 Å². The first-order chi connectivity index (χ1) is 17.0. The largest absolute Gasteiger partial charge is 0.507 e. The number of ether oxygens (including phenoxy) is 1. The molecule has 1 aromatic carbocycles. The Morgan fingerprint density at radius 3 is 2.60 bits per heavy atom. The maximum atomic E-state index is 15.3. The molecule has 35 heavy (non-hydrogen) atoms. The number of alkyl halides is 1. The van der Waals surface area contributed by atoms with Gasteiger partial charge in [0.05, 0.1) is 24.9 Å². The van der Waals surface area contributed by atoms with Crippen molar-refractivity contribution in [2.75, 3.05) is 12.0 Å². The summed E-state index contributed by atoms with van der Waals surface area (Å²) >= 11 is 0. The molecular formula is C25H26F2N6O2. The third-order valence-corrected chi connectivity index (χ3v) is 7.24. The van der Waals surface area contributed by atoms with Crippen LogP contribution in [0, 0.1) is 5.82 Å². The molecule has 6 rings (SSSR count). The first-order valence-corrected chi connectivity index (χ1v) is 11.9. The highest BCUT2D eigenvalue weighted by molar-refractivity contribution is 5.72. The summed E-state index contributed by atoms with van der Waals surface area (Å²) < 4.78 is 34.2. The Balaban J connectivity index is 1.25. The summed E-state index contributed by atoms with van der Waals surface area (Å²) in [6.45, 7) is 0. The number of benzene rings is 1. The van der Waals surface area contributed by atoms with Crippen LogP contribution in [0.1, 0.15) is 32.1 Å². The molecule has 2 bridgehead atoms. The lowest BCUT2D eigenvalue weighted by atomic mass is 9.96. The topological polar surface area (TPSA) is 96.3 Å². The summed E-state index contributed by atoms with van der Waals surface area (Å²) in [4.78, 5) is 10.5. The minimum absolute atomic E-state index is 0.0638. The number of hydrogen-bond donors (Lipinski definition) is 2. The maximum absolute atomic E-state index is 15.3. The molecule has 182 valence electrons. The number of aromatic nitrogens is 4. The van der Waals surface area contributed by atoms with Crippen molar-refractivity contribution in [3.63, 3.8) is 0 Å². The normalized spacial score (nSPS) is 25.5. The first kappa shape index (κ1) is 22.1. The number of rotatable bonds is 6. The number of nitrogens with one attached hydrogen (secondary N) is 1. The molecule has 2 saturated heterocycles. The fourth-order valence-corrected chi connectivity index (χ4v) is 5.37. The molecule has 2 N–H and O–H groups in total. The Kier molecular flexibility index (Phi) is 5.47. The van der Waals surface area contributed by atoms with Crippen molar-refractivity contribution in [1.29, 1.82) is 0 Å². The van der Waals surface area contributed by atoms with E-state index in [-0.39, 0.29) is 35.6 Å². The van der Waals surface area contributed by atoms with Gasteiger partial charge in [-0.05, 0) is 55.9 Å². The molecule has 3 aromatic rings. The highest BCUT2D eigenvalue weighted by atomic mass is 19.1. The van der Waals surface area contributed by atoms with Crippen molar-refractivity contribution >= 4 is 5.82 Å². The van der Waals surface area contributed by atoms with Crippen LogP contribution in [-0.4, -0.2) is 62.7 Å². The molecule has 0 radical (unpaired) electrons. The standard InChI is InChI=1S/C25H26F2N6O2/c1-35-25-18(26)8-14(11-29-25)13-2-6-17(21(34)9-13)24-28-12-22(31-32-24)33(16-4-5-16)20-10-15-3-7-19(30-15)23(20)27/h2,6,8-9,11-12,15-16,19-20,23,30,34H,3-5,7,10H2,1H3/t15-,19-,20-,23+/m0/s1. The summed E-state index contributed by atoms with van der Waals surface area (Å²) in [6, 6.07) is 6.48. The number of methoxy groups -OCH3 is 1. The number of nitrogens with zero attached hydrogens (tertiary/aromatic N) is 5. The SMILES string of the molecule is COc1ncc(-c2ccc(-c3ncc(N(C4CC4)[C@H]4C[C@@H]5CC[C@H](N5)[C@H]4F)nn3)c(O)c2)cc1F. The Morgan fingerprint density at radius 1 is 1.06 bits per heavy atom. The Bertz CT molecular complexity index is 1240. The van der Waals surface area contributed by atoms with E-state index in [4.69, 9.17) is 4.74 Å². The Morgan fingerprint density at radius 2 is 1.91 bits per heavy atom. The molecule has 4 heterocycles. The van der Waals surface area contributed by atoms with Gasteiger partial charge in [0, 0.05) is 29.9 Å². The summed E-state index contributed by atoms with van der Waals surface area (Å²) in [5.41, 5.74) is 1.48. The highest BCUT2D eigenvalue weighted by Gasteiger charge is 2.48. The van der Waals surface area contributed by atoms with Crippen molar-refractivity contribution in [2.45, 2.75) is 62.4 Å². The van der Waals surface area contributed by atoms with E-state index in [1.165, 1.54) is 25.4 Å². The van der Waals surface area contributed by atoms with Crippen molar-refractivity contribution in [1.82, 2.24) is 25.5 Å². The van der Waals surface area contributed by atoms with Crippen molar-refractivity contribution in [3.05, 3.63) is 42.5 Å². The number of fused-ring (bicyclic) bond motifs is 2. The molecule has 8 nitrogen and oxygen atoms in total. The summed E-state index contributed by atoms with van der Waals surface area (Å²) in [5.74, 6) is 0.0849. The third kappa shape index (κ3) is 4.05. The van der Waals surface area contributed by atoms with Gasteiger partial charge in [0.2, 0.25) is 5.88 Å². The summed E-state index contributed by atoms with van der Waals surface area (Å²) in [6.07, 6.45) is 6.80. The predicted octanol–water partition coefficient (Wildman–Crippen LogP) is 3.65. The summed E-state index contributed by atoms with van der Waals surface area (Å²) in [7, 11) is 1.35. The number of pyridine rings is 1. The fourth-order valence-electron chi connectivity index (χ4n) is 5.37. The molecule has 3 aliphatic rings. The molecule has 10 heteroatoms. The zero-order valence-electron chi connectivity index (χ0n) is 19.2. The van der Waals surface area contributed by atoms with Crippen LogP contribution in [0.4, 0.5) is 14.6 Å². The lowest BCUT2D eigenvalue weighted by Gasteiger charge is -2.40. The van der Waals surface area contributed by atoms with Gasteiger partial charge in [-0.25, -0.2) is 18.7 Å². The molecule has 1 aliphatic carbocycles. The van der Waals surface area contributed by atoms with Gasteiger partial charge < -0.3 is 20.1 Å². The van der Waals surface area contributed by atoms with E-state index >= 15 is 4.39 Å². The molecule has 4 atom stereocenters. The number of phenols is 1. The lowest BCUT2D eigenvalue weighted by molar-refractivity contribution is 0.171. The van der Waals surface area contributed by atoms with Gasteiger partial charge in [-0.1, -0.05) is 6.07 Å². The van der Waals surface area contributed by atoms with Crippen LogP contribution in [0.3, 0.4) is 0 Å². The number of aromatic hydroxyl groups is 1. The van der Waals surface area contributed by atoms with Crippen LogP contribution in [0.5, 0.6) is 11.6 Å². The minimum Gasteiger partial charge on any atom is -0.507 e. The smallest absolute Gasteiger partial charge is 0.250 e. The van der Waals surface area contributed by atoms with Crippen molar-refractivity contribution in [2.24, 2.45) is 0 Å². The Labute approximate surface area is 201 Å². The van der Waals surface area contributed by atoms with Gasteiger partial charge >= 0.3 is 0 Å². The second kappa shape index (κ2) is 8.67. The summed E-state index contributed by atoms with van der Waals surface area (Å²) in [5, 5.41) is 22.7. The van der Waals surface area contributed by atoms with Crippen LogP contribution in [-0.2, 0) is 0 Å². The minimum atomic E-state index is -0.954. The number of hydrogen-bond acceptors (Lipinski definition) is 8. The number of piperidine rings is 1. The van der Waals surface area contributed by atoms with Crippen LogP contribution in [0.2, 0.25) is 0 Å². The fraction of sp³-hybridized carbons (Fsp3) is 0.440. The zero-order valence-corrected chi connectivity index (χ0v) is 19.2. The maximum Gasteiger partial charge on any atom is 0.250 e. The predicted molar refractivity (Wildman–Crippen MR) is 125 cm³/mol. The average Bonchev–Trinajstić information content (AvgIpc) is 3.62. The molecule has 0 unspecified atom stereocenters. The van der Waals surface area contributed by atoms with E-state index in [0.717, 1.165) is 32.1 Å². The monoisotopic (exact) mass is 480 g/mol. The van der Waals surface area contributed by atoms with E-state index in [1.807, 2.05) is 0 Å². The average molecular weight is 481 g/mol. The van der Waals surface area contributed by atoms with E-state index < -0.39 is 12.0 Å². The second-order valence-electron chi connectivity index (χ2n) is 9.52. The van der Waals surface area contributed by atoms with Crippen molar-refractivity contribution in [3.8, 4) is 34.1 Å². The second-order valence-corrected chi connectivity index (χ2v) is 9.52. The molecule has 3 fully saturated rings. The van der Waals surface area contributed by atoms with Gasteiger partial charge in [-0.3, -0.25) is 0 Å². The molecule has 2 aromatic heterocycles. The van der Waals surface area contributed by atoms with Gasteiger partial charge in [0.25, 0.3) is 0 Å². The quantitative estimate of drug-likeness (QED) is 0.552. The van der Waals surface area contributed by atoms with Gasteiger partial charge in [0.15, 0.2) is 17.5 Å². The van der Waals surface area contributed by atoms with Crippen LogP contribution in [0.15, 0.2) is 36.7 Å². The number of halogens is 2. The molecule has 2 aliphatic heterocycles. The molecule has 0 spiro atoms. The van der Waals surface area contributed by atoms with E-state index in [0.29, 0.717) is 28.6 Å². The highest BCUT2D eigenvalue weighted by Crippen LogP contribution is 2.40. The molecule has 0 amide bonds. The van der Waals surface area contributed by atoms with Gasteiger partial charge in [-0.2, -0.15) is 0 Å². The van der Waals surface area contributed by atoms with E-state index in [1.54, 1.807) is 18.3 Å². The number of phenolic OH excluding ortho intramolecular Hbond substituents is 1. The lowest BCUT2D eigenvalue weighted by Crippen LogP contribution is -2.57. The van der Waals surface area contributed by atoms with E-state index in [2.05, 4.69) is 30.4 Å². The molecule has 1 saturated carbocycles. The van der Waals surface area contributed by atoms with E-state index in [9.17, 15) is 9.50 Å².